The first-order chi connectivity index (χ1) is 9.47. The molecule has 0 atom stereocenters. The number of hydrogen-bond donors (Lipinski definition) is 1. The van der Waals surface area contributed by atoms with E-state index in [0.29, 0.717) is 5.92 Å². The number of rotatable bonds is 5. The molecule has 108 valence electrons. The van der Waals surface area contributed by atoms with Crippen molar-refractivity contribution in [1.29, 1.82) is 0 Å². The van der Waals surface area contributed by atoms with Crippen LogP contribution in [0.4, 0.5) is 0 Å². The van der Waals surface area contributed by atoms with Crippen molar-refractivity contribution in [3.05, 3.63) is 40.8 Å². The smallest absolute Gasteiger partial charge is 0.158 e. The lowest BCUT2D eigenvalue weighted by Crippen LogP contribution is -2.21. The second-order valence-electron chi connectivity index (χ2n) is 5.81. The Balaban J connectivity index is 2.33. The molecular weight excluding hydrogens is 248 g/mol. The van der Waals surface area contributed by atoms with E-state index < -0.39 is 0 Å². The molecule has 0 bridgehead atoms. The summed E-state index contributed by atoms with van der Waals surface area (Å²) in [7, 11) is 0. The molecule has 0 aliphatic carbocycles. The van der Waals surface area contributed by atoms with Gasteiger partial charge in [0.05, 0.1) is 5.69 Å². The van der Waals surface area contributed by atoms with Crippen LogP contribution in [0.5, 0.6) is 0 Å². The molecule has 20 heavy (non-hydrogen) atoms. The molecule has 0 aromatic carbocycles. The zero-order valence-corrected chi connectivity index (χ0v) is 13.1. The van der Waals surface area contributed by atoms with Crippen molar-refractivity contribution >= 4 is 0 Å². The molecule has 4 nitrogen and oxygen atoms in total. The lowest BCUT2D eigenvalue weighted by molar-refractivity contribution is 0.549. The number of hydrogen-bond acceptors (Lipinski definition) is 3. The van der Waals surface area contributed by atoms with Gasteiger partial charge in [0.15, 0.2) is 5.82 Å². The second-order valence-corrected chi connectivity index (χ2v) is 5.81. The summed E-state index contributed by atoms with van der Waals surface area (Å²) < 4.78 is 1.88. The Kier molecular flexibility index (Phi) is 4.55. The normalized spacial score (nSPS) is 11.3. The zero-order chi connectivity index (χ0) is 14.7. The van der Waals surface area contributed by atoms with Crippen molar-refractivity contribution < 1.29 is 0 Å². The Bertz CT molecular complexity index is 584. The lowest BCUT2D eigenvalue weighted by Gasteiger charge is -2.15. The van der Waals surface area contributed by atoms with Gasteiger partial charge in [0.25, 0.3) is 0 Å². The van der Waals surface area contributed by atoms with Gasteiger partial charge < -0.3 is 5.32 Å². The fourth-order valence-corrected chi connectivity index (χ4v) is 2.27. The summed E-state index contributed by atoms with van der Waals surface area (Å²) in [5.74, 6) is 1.58. The van der Waals surface area contributed by atoms with Gasteiger partial charge in [-0.2, -0.15) is 5.10 Å². The van der Waals surface area contributed by atoms with Crippen LogP contribution in [0.1, 0.15) is 36.4 Å². The quantitative estimate of drug-likeness (QED) is 0.910. The van der Waals surface area contributed by atoms with Crippen molar-refractivity contribution in [3.63, 3.8) is 0 Å². The average molecular weight is 272 g/mol. The Labute approximate surface area is 121 Å². The van der Waals surface area contributed by atoms with Crippen LogP contribution >= 0.6 is 0 Å². The van der Waals surface area contributed by atoms with Gasteiger partial charge in [-0.25, -0.2) is 9.67 Å². The predicted octanol–water partition coefficient (Wildman–Crippen LogP) is 2.94. The highest BCUT2D eigenvalue weighted by atomic mass is 15.3. The number of aromatic nitrogens is 3. The number of pyridine rings is 1. The van der Waals surface area contributed by atoms with E-state index in [1.54, 1.807) is 0 Å². The third kappa shape index (κ3) is 3.45. The van der Waals surface area contributed by atoms with Crippen molar-refractivity contribution in [3.8, 4) is 5.82 Å². The van der Waals surface area contributed by atoms with E-state index in [0.717, 1.165) is 30.3 Å². The lowest BCUT2D eigenvalue weighted by atomic mass is 10.1. The molecule has 4 heteroatoms. The number of aryl methyl sites for hydroxylation is 3. The van der Waals surface area contributed by atoms with E-state index in [9.17, 15) is 0 Å². The van der Waals surface area contributed by atoms with Crippen LogP contribution in [0.3, 0.4) is 0 Å². The van der Waals surface area contributed by atoms with E-state index in [1.807, 2.05) is 30.8 Å². The van der Waals surface area contributed by atoms with Gasteiger partial charge in [-0.05, 0) is 50.9 Å². The summed E-state index contributed by atoms with van der Waals surface area (Å²) >= 11 is 0. The van der Waals surface area contributed by atoms with Crippen LogP contribution in [0.2, 0.25) is 0 Å². The van der Waals surface area contributed by atoms with E-state index in [-0.39, 0.29) is 0 Å². The van der Waals surface area contributed by atoms with Crippen molar-refractivity contribution in [2.24, 2.45) is 5.92 Å². The Morgan fingerprint density at radius 1 is 1.20 bits per heavy atom. The van der Waals surface area contributed by atoms with Crippen LogP contribution < -0.4 is 5.32 Å². The maximum Gasteiger partial charge on any atom is 0.158 e. The summed E-state index contributed by atoms with van der Waals surface area (Å²) in [6, 6.07) is 4.14. The summed E-state index contributed by atoms with van der Waals surface area (Å²) in [5.41, 5.74) is 4.52. The van der Waals surface area contributed by atoms with Crippen LogP contribution in [0.25, 0.3) is 5.82 Å². The molecule has 0 radical (unpaired) electrons. The molecule has 0 fully saturated rings. The molecule has 0 saturated heterocycles. The summed E-state index contributed by atoms with van der Waals surface area (Å²) in [4.78, 5) is 4.68. The van der Waals surface area contributed by atoms with Gasteiger partial charge in [0.1, 0.15) is 0 Å². The average Bonchev–Trinajstić information content (AvgIpc) is 2.77. The van der Waals surface area contributed by atoms with Gasteiger partial charge in [-0.3, -0.25) is 0 Å². The molecule has 1 N–H and O–H groups in total. The molecule has 0 unspecified atom stereocenters. The maximum atomic E-state index is 4.68. The first-order valence-corrected chi connectivity index (χ1v) is 7.18. The minimum absolute atomic E-state index is 0.643. The first-order valence-electron chi connectivity index (χ1n) is 7.18. The molecular formula is C16H24N4. The highest BCUT2D eigenvalue weighted by Crippen LogP contribution is 2.17. The molecule has 2 aromatic heterocycles. The van der Waals surface area contributed by atoms with Gasteiger partial charge in [0.2, 0.25) is 0 Å². The summed E-state index contributed by atoms with van der Waals surface area (Å²) in [6.45, 7) is 12.4. The highest BCUT2D eigenvalue weighted by Gasteiger charge is 2.11. The molecule has 0 aliphatic rings. The largest absolute Gasteiger partial charge is 0.312 e. The molecule has 0 spiro atoms. The monoisotopic (exact) mass is 272 g/mol. The van der Waals surface area contributed by atoms with E-state index >= 15 is 0 Å². The van der Waals surface area contributed by atoms with Gasteiger partial charge in [-0.1, -0.05) is 13.8 Å². The van der Waals surface area contributed by atoms with E-state index in [4.69, 9.17) is 0 Å². The number of nitrogens with zero attached hydrogens (tertiary/aromatic N) is 3. The van der Waals surface area contributed by atoms with Crippen LogP contribution in [-0.2, 0) is 6.54 Å². The van der Waals surface area contributed by atoms with Gasteiger partial charge in [0, 0.05) is 24.0 Å². The van der Waals surface area contributed by atoms with Crippen molar-refractivity contribution in [2.45, 2.75) is 41.2 Å². The van der Waals surface area contributed by atoms with Crippen LogP contribution in [-0.4, -0.2) is 21.3 Å². The second kappa shape index (κ2) is 6.18. The molecule has 2 aromatic rings. The third-order valence-electron chi connectivity index (χ3n) is 3.25. The Morgan fingerprint density at radius 2 is 1.95 bits per heavy atom. The highest BCUT2D eigenvalue weighted by molar-refractivity contribution is 5.41. The zero-order valence-electron chi connectivity index (χ0n) is 13.1. The Hall–Kier alpha value is -1.68. The van der Waals surface area contributed by atoms with E-state index in [2.05, 4.69) is 42.2 Å². The number of nitrogens with one attached hydrogen (secondary N) is 1. The van der Waals surface area contributed by atoms with Crippen molar-refractivity contribution in [2.75, 3.05) is 6.54 Å². The Morgan fingerprint density at radius 3 is 2.55 bits per heavy atom. The fourth-order valence-electron chi connectivity index (χ4n) is 2.27. The minimum Gasteiger partial charge on any atom is -0.312 e. The first kappa shape index (κ1) is 14.7. The molecule has 0 saturated carbocycles. The standard InChI is InChI=1S/C16H24N4/c1-11(2)9-17-10-15-12(3)8-14(5)18-16(15)20-7-6-13(4)19-20/h6-8,11,17H,9-10H2,1-5H3. The summed E-state index contributed by atoms with van der Waals surface area (Å²) in [5, 5.41) is 7.99. The van der Waals surface area contributed by atoms with Gasteiger partial charge >= 0.3 is 0 Å². The third-order valence-corrected chi connectivity index (χ3v) is 3.25. The molecule has 2 heterocycles. The van der Waals surface area contributed by atoms with E-state index in [1.165, 1.54) is 11.1 Å². The van der Waals surface area contributed by atoms with Crippen LogP contribution in [0, 0.1) is 26.7 Å². The maximum absolute atomic E-state index is 4.68. The minimum atomic E-state index is 0.643. The molecule has 0 aliphatic heterocycles. The SMILES string of the molecule is Cc1cc(C)c(CNCC(C)C)c(-n2ccc(C)n2)n1. The summed E-state index contributed by atoms with van der Waals surface area (Å²) in [6.07, 6.45) is 1.97. The van der Waals surface area contributed by atoms with Crippen LogP contribution in [0.15, 0.2) is 18.3 Å². The predicted molar refractivity (Wildman–Crippen MR) is 82.1 cm³/mol. The van der Waals surface area contributed by atoms with Crippen molar-refractivity contribution in [1.82, 2.24) is 20.1 Å². The topological polar surface area (TPSA) is 42.7 Å². The molecule has 0 amide bonds. The van der Waals surface area contributed by atoms with Gasteiger partial charge in [-0.15, -0.1) is 0 Å². The molecule has 2 rings (SSSR count). The fraction of sp³-hybridized carbons (Fsp3) is 0.500.